The first kappa shape index (κ1) is 29.7. The van der Waals surface area contributed by atoms with Crippen LogP contribution in [0.1, 0.15) is 27.8 Å². The van der Waals surface area contributed by atoms with Crippen molar-refractivity contribution in [2.45, 2.75) is 5.41 Å². The maximum atomic E-state index is 9.71. The molecular formula is C47H28N4O. The van der Waals surface area contributed by atoms with Gasteiger partial charge in [0.05, 0.1) is 17.0 Å². The van der Waals surface area contributed by atoms with Gasteiger partial charge in [-0.1, -0.05) is 133 Å². The van der Waals surface area contributed by atoms with E-state index in [4.69, 9.17) is 19.7 Å². The molecule has 0 saturated heterocycles. The highest BCUT2D eigenvalue weighted by Crippen LogP contribution is 2.62. The van der Waals surface area contributed by atoms with Crippen molar-refractivity contribution in [2.24, 2.45) is 0 Å². The summed E-state index contributed by atoms with van der Waals surface area (Å²) in [5.41, 5.74) is 11.4. The maximum Gasteiger partial charge on any atom is 0.164 e. The molecule has 8 aromatic rings. The summed E-state index contributed by atoms with van der Waals surface area (Å²) in [4.78, 5) is 15.1. The zero-order valence-electron chi connectivity index (χ0n) is 27.9. The van der Waals surface area contributed by atoms with Crippen LogP contribution >= 0.6 is 0 Å². The fourth-order valence-electron chi connectivity index (χ4n) is 7.92. The predicted molar refractivity (Wildman–Crippen MR) is 204 cm³/mol. The summed E-state index contributed by atoms with van der Waals surface area (Å²) in [5.74, 6) is 3.48. The van der Waals surface area contributed by atoms with Gasteiger partial charge in [-0.3, -0.25) is 0 Å². The zero-order chi connectivity index (χ0) is 34.6. The number of aromatic nitrogens is 3. The van der Waals surface area contributed by atoms with E-state index in [0.29, 0.717) is 23.0 Å². The molecule has 0 saturated carbocycles. The Morgan fingerprint density at radius 3 is 1.44 bits per heavy atom. The standard InChI is InChI=1S/C47H28N4O/c48-29-30-12-11-17-33(26-30)34-22-24-36-37-25-23-35(46-50-44(31-13-3-1-4-14-31)49-45(51-46)32-15-5-2-6-16-32)28-41(37)47(40(36)27-34)38-18-7-9-20-42(38)52-43-21-10-8-19-39(43)47/h1-28H. The molecule has 242 valence electrons. The van der Waals surface area contributed by atoms with Crippen LogP contribution in [0.25, 0.3) is 56.4 Å². The van der Waals surface area contributed by atoms with E-state index in [9.17, 15) is 5.26 Å². The van der Waals surface area contributed by atoms with Gasteiger partial charge in [0.2, 0.25) is 0 Å². The first-order chi connectivity index (χ1) is 25.7. The quantitative estimate of drug-likeness (QED) is 0.187. The minimum atomic E-state index is -0.702. The minimum absolute atomic E-state index is 0.601. The number of nitriles is 1. The van der Waals surface area contributed by atoms with Crippen molar-refractivity contribution in [1.82, 2.24) is 15.0 Å². The molecule has 0 atom stereocenters. The van der Waals surface area contributed by atoms with E-state index in [2.05, 4.69) is 84.9 Å². The predicted octanol–water partition coefficient (Wildman–Crippen LogP) is 10.9. The van der Waals surface area contributed by atoms with Gasteiger partial charge in [-0.25, -0.2) is 15.0 Å². The first-order valence-electron chi connectivity index (χ1n) is 17.2. The lowest BCUT2D eigenvalue weighted by Crippen LogP contribution is -2.32. The smallest absolute Gasteiger partial charge is 0.164 e. The van der Waals surface area contributed by atoms with Gasteiger partial charge in [0.25, 0.3) is 0 Å². The third-order valence-electron chi connectivity index (χ3n) is 10.2. The average Bonchev–Trinajstić information content (AvgIpc) is 3.50. The molecule has 1 spiro atoms. The van der Waals surface area contributed by atoms with Crippen molar-refractivity contribution >= 4 is 0 Å². The summed E-state index contributed by atoms with van der Waals surface area (Å²) in [6.07, 6.45) is 0. The molecule has 2 aliphatic rings. The van der Waals surface area contributed by atoms with Crippen LogP contribution in [0.3, 0.4) is 0 Å². The number of benzene rings is 7. The Morgan fingerprint density at radius 2 is 0.865 bits per heavy atom. The third kappa shape index (κ3) is 4.52. The number of nitrogens with zero attached hydrogens (tertiary/aromatic N) is 4. The molecule has 5 heteroatoms. The number of hydrogen-bond acceptors (Lipinski definition) is 5. The van der Waals surface area contributed by atoms with Gasteiger partial charge >= 0.3 is 0 Å². The molecule has 0 radical (unpaired) electrons. The summed E-state index contributed by atoms with van der Waals surface area (Å²) < 4.78 is 6.61. The molecule has 5 nitrogen and oxygen atoms in total. The highest BCUT2D eigenvalue weighted by atomic mass is 16.5. The zero-order valence-corrected chi connectivity index (χ0v) is 27.9. The van der Waals surface area contributed by atoms with Gasteiger partial charge < -0.3 is 4.74 Å². The number of hydrogen-bond donors (Lipinski definition) is 0. The normalized spacial score (nSPS) is 12.9. The summed E-state index contributed by atoms with van der Waals surface area (Å²) in [6, 6.07) is 60.2. The molecule has 0 unspecified atom stereocenters. The van der Waals surface area contributed by atoms with Crippen LogP contribution < -0.4 is 4.74 Å². The van der Waals surface area contributed by atoms with E-state index in [1.165, 1.54) is 0 Å². The Morgan fingerprint density at radius 1 is 0.404 bits per heavy atom. The van der Waals surface area contributed by atoms with Crippen LogP contribution in [-0.2, 0) is 5.41 Å². The van der Waals surface area contributed by atoms with E-state index < -0.39 is 5.41 Å². The molecule has 2 heterocycles. The molecule has 1 aliphatic heterocycles. The van der Waals surface area contributed by atoms with Crippen LogP contribution in [0.2, 0.25) is 0 Å². The van der Waals surface area contributed by atoms with E-state index in [0.717, 1.165) is 72.7 Å². The lowest BCUT2D eigenvalue weighted by atomic mass is 9.65. The number of rotatable bonds is 4. The fourth-order valence-corrected chi connectivity index (χ4v) is 7.92. The largest absolute Gasteiger partial charge is 0.457 e. The Balaban J connectivity index is 1.25. The van der Waals surface area contributed by atoms with Crippen LogP contribution in [-0.4, -0.2) is 15.0 Å². The van der Waals surface area contributed by atoms with Crippen molar-refractivity contribution in [3.63, 3.8) is 0 Å². The van der Waals surface area contributed by atoms with Gasteiger partial charge in [-0.05, 0) is 69.8 Å². The van der Waals surface area contributed by atoms with Crippen molar-refractivity contribution in [2.75, 3.05) is 0 Å². The summed E-state index contributed by atoms with van der Waals surface area (Å²) in [7, 11) is 0. The fraction of sp³-hybridized carbons (Fsp3) is 0.0213. The summed E-state index contributed by atoms with van der Waals surface area (Å²) >= 11 is 0. The Labute approximate surface area is 301 Å². The second kappa shape index (κ2) is 11.7. The molecule has 52 heavy (non-hydrogen) atoms. The van der Waals surface area contributed by atoms with E-state index in [-0.39, 0.29) is 0 Å². The van der Waals surface area contributed by atoms with Gasteiger partial charge in [-0.2, -0.15) is 5.26 Å². The monoisotopic (exact) mass is 664 g/mol. The van der Waals surface area contributed by atoms with Crippen LogP contribution in [0, 0.1) is 11.3 Å². The Kier molecular flexibility index (Phi) is 6.70. The Hall–Kier alpha value is -7.16. The number of fused-ring (bicyclic) bond motifs is 9. The highest BCUT2D eigenvalue weighted by molar-refractivity contribution is 5.91. The lowest BCUT2D eigenvalue weighted by molar-refractivity contribution is 0.436. The molecule has 10 rings (SSSR count). The maximum absolute atomic E-state index is 9.71. The highest BCUT2D eigenvalue weighted by Gasteiger charge is 2.51. The molecule has 0 N–H and O–H groups in total. The van der Waals surface area contributed by atoms with Crippen molar-refractivity contribution in [3.8, 4) is 74.0 Å². The first-order valence-corrected chi connectivity index (χ1v) is 17.2. The van der Waals surface area contributed by atoms with E-state index in [1.807, 2.05) is 91.0 Å². The second-order valence-corrected chi connectivity index (χ2v) is 13.1. The molecule has 1 aromatic heterocycles. The SMILES string of the molecule is N#Cc1cccc(-c2ccc3c(c2)C2(c4ccccc4Oc4ccccc42)c2cc(-c4nc(-c5ccccc5)nc(-c5ccccc5)n4)ccc2-3)c1. The van der Waals surface area contributed by atoms with Crippen molar-refractivity contribution in [3.05, 3.63) is 198 Å². The summed E-state index contributed by atoms with van der Waals surface area (Å²) in [6.45, 7) is 0. The molecule has 0 fully saturated rings. The van der Waals surface area contributed by atoms with E-state index >= 15 is 0 Å². The van der Waals surface area contributed by atoms with Crippen molar-refractivity contribution < 1.29 is 4.74 Å². The number of para-hydroxylation sites is 2. The van der Waals surface area contributed by atoms with Gasteiger partial charge in [0.15, 0.2) is 17.5 Å². The Bertz CT molecular complexity index is 2630. The van der Waals surface area contributed by atoms with Crippen LogP contribution in [0.5, 0.6) is 11.5 Å². The van der Waals surface area contributed by atoms with Crippen LogP contribution in [0.4, 0.5) is 0 Å². The number of ether oxygens (including phenoxy) is 1. The lowest BCUT2D eigenvalue weighted by Gasteiger charge is -2.39. The molecular weight excluding hydrogens is 637 g/mol. The minimum Gasteiger partial charge on any atom is -0.457 e. The third-order valence-corrected chi connectivity index (χ3v) is 10.2. The van der Waals surface area contributed by atoms with Gasteiger partial charge in [0, 0.05) is 27.8 Å². The topological polar surface area (TPSA) is 71.7 Å². The van der Waals surface area contributed by atoms with Gasteiger partial charge in [0.1, 0.15) is 11.5 Å². The van der Waals surface area contributed by atoms with Crippen molar-refractivity contribution in [1.29, 1.82) is 5.26 Å². The molecule has 0 amide bonds. The average molecular weight is 665 g/mol. The summed E-state index contributed by atoms with van der Waals surface area (Å²) in [5, 5.41) is 9.71. The molecule has 0 bridgehead atoms. The van der Waals surface area contributed by atoms with E-state index in [1.54, 1.807) is 0 Å². The van der Waals surface area contributed by atoms with Gasteiger partial charge in [-0.15, -0.1) is 0 Å². The molecule has 1 aliphatic carbocycles. The van der Waals surface area contributed by atoms with Crippen LogP contribution in [0.15, 0.2) is 170 Å². The molecule has 7 aromatic carbocycles. The second-order valence-electron chi connectivity index (χ2n) is 13.1.